The smallest absolute Gasteiger partial charge is 0.354 e. The van der Waals surface area contributed by atoms with Crippen LogP contribution in [-0.4, -0.2) is 64.3 Å². The molecule has 0 spiro atoms. The normalized spacial score (nSPS) is 11.3. The van der Waals surface area contributed by atoms with Gasteiger partial charge in [0, 0.05) is 37.6 Å². The number of carbonyl (C=O) groups excluding carboxylic acids is 4. The van der Waals surface area contributed by atoms with Crippen molar-refractivity contribution in [1.29, 1.82) is 10.5 Å². The fourth-order valence-corrected chi connectivity index (χ4v) is 8.01. The van der Waals surface area contributed by atoms with Gasteiger partial charge in [-0.05, 0) is 108 Å². The molecule has 0 radical (unpaired) electrons. The van der Waals surface area contributed by atoms with Crippen LogP contribution in [0.25, 0.3) is 12.2 Å². The molecule has 6 aromatic carbocycles. The molecule has 0 amide bonds. The molecule has 0 saturated heterocycles. The maximum atomic E-state index is 13.4. The number of anilines is 2. The average molecular weight is 921 g/mol. The zero-order valence-electron chi connectivity index (χ0n) is 39.0. The molecule has 0 aliphatic heterocycles. The predicted octanol–water partition coefficient (Wildman–Crippen LogP) is 9.87. The minimum atomic E-state index is -0.916. The van der Waals surface area contributed by atoms with E-state index in [2.05, 4.69) is 0 Å². The van der Waals surface area contributed by atoms with Gasteiger partial charge in [0.1, 0.15) is 34.8 Å². The number of ether oxygens (including phenoxy) is 4. The average Bonchev–Trinajstić information content (AvgIpc) is 3.39. The van der Waals surface area contributed by atoms with Crippen LogP contribution >= 0.6 is 0 Å². The number of hydrogen-bond donors (Lipinski definition) is 0. The molecule has 6 rings (SSSR count). The van der Waals surface area contributed by atoms with Crippen molar-refractivity contribution in [3.8, 4) is 23.6 Å². The van der Waals surface area contributed by atoms with Crippen LogP contribution in [0.3, 0.4) is 0 Å². The lowest BCUT2D eigenvalue weighted by atomic mass is 9.65. The zero-order chi connectivity index (χ0) is 49.2. The van der Waals surface area contributed by atoms with E-state index in [1.165, 1.54) is 26.4 Å². The third-order valence-corrected chi connectivity index (χ3v) is 11.6. The molecule has 0 unspecified atom stereocenters. The fourth-order valence-electron chi connectivity index (χ4n) is 8.01. The number of esters is 4. The maximum Gasteiger partial charge on any atom is 0.354 e. The van der Waals surface area contributed by atoms with Crippen LogP contribution in [-0.2, 0) is 34.1 Å². The number of rotatable bonds is 20. The first-order chi connectivity index (χ1) is 33.6. The minimum absolute atomic E-state index is 0.186. The van der Waals surface area contributed by atoms with Crippen molar-refractivity contribution in [2.24, 2.45) is 0 Å². The Labute approximate surface area is 402 Å². The highest BCUT2D eigenvalue weighted by molar-refractivity contribution is 6.00. The summed E-state index contributed by atoms with van der Waals surface area (Å²) in [5.74, 6) is -1.75. The van der Waals surface area contributed by atoms with Gasteiger partial charge in [-0.1, -0.05) is 109 Å². The summed E-state index contributed by atoms with van der Waals surface area (Å²) in [7, 11) is 2.72. The zero-order valence-corrected chi connectivity index (χ0v) is 39.0. The summed E-state index contributed by atoms with van der Waals surface area (Å²) in [5.41, 5.74) is 5.26. The van der Waals surface area contributed by atoms with Crippen molar-refractivity contribution < 1.29 is 38.1 Å². The van der Waals surface area contributed by atoms with Crippen molar-refractivity contribution >= 4 is 47.4 Å². The SMILES string of the molecule is CCN(CCC(=O)OC)c1ccc(C=C(C#N)C(=O)Oc2ccc(C(c3ccccc3)(c3ccccc3)c3ccc(OC(=O)C(C#N)=Cc4ccc(N(CC)CCC(=O)OC)cc4)cc3)cc2)cc1. The van der Waals surface area contributed by atoms with E-state index in [1.807, 2.05) is 145 Å². The van der Waals surface area contributed by atoms with E-state index in [1.54, 1.807) is 48.5 Å². The Kier molecular flexibility index (Phi) is 17.4. The Hall–Kier alpha value is -8.74. The van der Waals surface area contributed by atoms with Crippen LogP contribution in [0.2, 0.25) is 0 Å². The Morgan fingerprint density at radius 3 is 1.13 bits per heavy atom. The van der Waals surface area contributed by atoms with Crippen LogP contribution in [0, 0.1) is 22.7 Å². The molecule has 12 nitrogen and oxygen atoms in total. The number of nitriles is 2. The molecular formula is C57H52N4O8. The molecule has 12 heteroatoms. The minimum Gasteiger partial charge on any atom is -0.469 e. The molecule has 0 aliphatic rings. The summed E-state index contributed by atoms with van der Waals surface area (Å²) in [4.78, 5) is 54.2. The highest BCUT2D eigenvalue weighted by Crippen LogP contribution is 2.46. The third kappa shape index (κ3) is 12.4. The topological polar surface area (TPSA) is 159 Å². The van der Waals surface area contributed by atoms with Gasteiger partial charge in [0.15, 0.2) is 0 Å². The first kappa shape index (κ1) is 49.7. The monoisotopic (exact) mass is 920 g/mol. The molecule has 0 bridgehead atoms. The number of nitrogens with zero attached hydrogens (tertiary/aromatic N) is 4. The van der Waals surface area contributed by atoms with Crippen molar-refractivity contribution in [1.82, 2.24) is 0 Å². The summed E-state index contributed by atoms with van der Waals surface area (Å²) in [6, 6.07) is 52.7. The lowest BCUT2D eigenvalue weighted by Gasteiger charge is -2.37. The van der Waals surface area contributed by atoms with Crippen molar-refractivity contribution in [2.75, 3.05) is 50.2 Å². The largest absolute Gasteiger partial charge is 0.469 e. The van der Waals surface area contributed by atoms with Crippen LogP contribution in [0.4, 0.5) is 11.4 Å². The molecule has 348 valence electrons. The first-order valence-corrected chi connectivity index (χ1v) is 22.4. The van der Waals surface area contributed by atoms with Gasteiger partial charge in [-0.3, -0.25) is 9.59 Å². The number of benzene rings is 6. The van der Waals surface area contributed by atoms with Crippen molar-refractivity contribution in [3.05, 3.63) is 202 Å². The van der Waals surface area contributed by atoms with E-state index in [0.29, 0.717) is 37.3 Å². The summed E-state index contributed by atoms with van der Waals surface area (Å²) < 4.78 is 21.0. The van der Waals surface area contributed by atoms with E-state index in [9.17, 15) is 29.7 Å². The van der Waals surface area contributed by atoms with Crippen LogP contribution in [0.1, 0.15) is 60.1 Å². The molecule has 6 aromatic rings. The number of methoxy groups -OCH3 is 2. The molecule has 0 saturated carbocycles. The quantitative estimate of drug-likeness (QED) is 0.0235. The number of hydrogen-bond acceptors (Lipinski definition) is 12. The second-order valence-corrected chi connectivity index (χ2v) is 15.6. The van der Waals surface area contributed by atoms with Gasteiger partial charge in [0.05, 0.1) is 32.5 Å². The second-order valence-electron chi connectivity index (χ2n) is 15.6. The summed E-state index contributed by atoms with van der Waals surface area (Å²) >= 11 is 0. The Morgan fingerprint density at radius 2 is 0.826 bits per heavy atom. The Bertz CT molecular complexity index is 2650. The summed E-state index contributed by atoms with van der Waals surface area (Å²) in [5, 5.41) is 20.0. The standard InChI is InChI=1S/C57H52N4O8/c1-5-60(35-33-53(62)66-3)49-25-17-41(18-26-49)37-43(39-58)55(64)68-51-29-21-47(22-30-51)57(45-13-9-7-10-14-45,46-15-11-8-12-16-46)48-23-31-52(32-24-48)69-56(65)44(40-59)38-42-19-27-50(28-20-42)61(6-2)36-34-54(63)67-4/h7-32,37-38H,5-6,33-36H2,1-4H3. The van der Waals surface area contributed by atoms with Crippen LogP contribution < -0.4 is 19.3 Å². The fraction of sp³-hybridized carbons (Fsp3) is 0.193. The molecule has 0 aromatic heterocycles. The summed E-state index contributed by atoms with van der Waals surface area (Å²) in [6.07, 6.45) is 3.43. The van der Waals surface area contributed by atoms with E-state index >= 15 is 0 Å². The Balaban J connectivity index is 1.24. The molecule has 0 N–H and O–H groups in total. The lowest BCUT2D eigenvalue weighted by molar-refractivity contribution is -0.141. The molecule has 0 atom stereocenters. The molecule has 0 heterocycles. The second kappa shape index (κ2) is 24.2. The molecular weight excluding hydrogens is 869 g/mol. The third-order valence-electron chi connectivity index (χ3n) is 11.6. The van der Waals surface area contributed by atoms with Crippen molar-refractivity contribution in [2.45, 2.75) is 32.1 Å². The molecule has 0 aliphatic carbocycles. The van der Waals surface area contributed by atoms with Crippen LogP contribution in [0.5, 0.6) is 11.5 Å². The number of carbonyl (C=O) groups is 4. The van der Waals surface area contributed by atoms with Gasteiger partial charge >= 0.3 is 23.9 Å². The molecule has 0 fully saturated rings. The predicted molar refractivity (Wildman–Crippen MR) is 265 cm³/mol. The molecule has 69 heavy (non-hydrogen) atoms. The maximum absolute atomic E-state index is 13.4. The van der Waals surface area contributed by atoms with Crippen LogP contribution in [0.15, 0.2) is 169 Å². The van der Waals surface area contributed by atoms with E-state index in [0.717, 1.165) is 33.6 Å². The Morgan fingerprint density at radius 1 is 0.493 bits per heavy atom. The van der Waals surface area contributed by atoms with Crippen molar-refractivity contribution in [3.63, 3.8) is 0 Å². The van der Waals surface area contributed by atoms with Gasteiger partial charge in [-0.2, -0.15) is 10.5 Å². The van der Waals surface area contributed by atoms with Gasteiger partial charge in [-0.15, -0.1) is 0 Å². The summed E-state index contributed by atoms with van der Waals surface area (Å²) in [6.45, 7) is 6.28. The van der Waals surface area contributed by atoms with E-state index < -0.39 is 17.4 Å². The van der Waals surface area contributed by atoms with Gasteiger partial charge in [-0.25, -0.2) is 9.59 Å². The van der Waals surface area contributed by atoms with Gasteiger partial charge in [0.2, 0.25) is 0 Å². The van der Waals surface area contributed by atoms with Gasteiger partial charge < -0.3 is 28.7 Å². The van der Waals surface area contributed by atoms with Gasteiger partial charge in [0.25, 0.3) is 0 Å². The van der Waals surface area contributed by atoms with E-state index in [4.69, 9.17) is 18.9 Å². The lowest BCUT2D eigenvalue weighted by Crippen LogP contribution is -2.31. The first-order valence-electron chi connectivity index (χ1n) is 22.4. The highest BCUT2D eigenvalue weighted by Gasteiger charge is 2.38. The highest BCUT2D eigenvalue weighted by atomic mass is 16.5. The van der Waals surface area contributed by atoms with E-state index in [-0.39, 0.29) is 47.4 Å².